The van der Waals surface area contributed by atoms with Crippen molar-refractivity contribution in [2.45, 2.75) is 78.8 Å². The Balaban J connectivity index is 2.24. The van der Waals surface area contributed by atoms with Crippen LogP contribution in [0.1, 0.15) is 79.7 Å². The van der Waals surface area contributed by atoms with Crippen molar-refractivity contribution in [3.63, 3.8) is 0 Å². The van der Waals surface area contributed by atoms with Gasteiger partial charge in [0, 0.05) is 24.8 Å². The molecule has 0 atom stereocenters. The van der Waals surface area contributed by atoms with Gasteiger partial charge >= 0.3 is 12.0 Å². The second kappa shape index (κ2) is 9.64. The lowest BCUT2D eigenvalue weighted by molar-refractivity contribution is 0.0519. The molecule has 1 aliphatic carbocycles. The number of hydrogen-bond donors (Lipinski definition) is 2. The van der Waals surface area contributed by atoms with E-state index in [4.69, 9.17) is 4.74 Å². The van der Waals surface area contributed by atoms with Gasteiger partial charge in [0.25, 0.3) is 0 Å². The van der Waals surface area contributed by atoms with Gasteiger partial charge in [0.1, 0.15) is 5.69 Å². The minimum Gasteiger partial charge on any atom is -0.461 e. The number of esters is 1. The van der Waals surface area contributed by atoms with Crippen LogP contribution >= 0.6 is 0 Å². The highest BCUT2D eigenvalue weighted by Gasteiger charge is 2.28. The van der Waals surface area contributed by atoms with E-state index in [1.807, 2.05) is 18.7 Å². The molecule has 0 aliphatic heterocycles. The van der Waals surface area contributed by atoms with Crippen molar-refractivity contribution in [1.29, 1.82) is 0 Å². The first-order valence-corrected chi connectivity index (χ1v) is 9.89. The maximum atomic E-state index is 12.8. The molecule has 6 nitrogen and oxygen atoms in total. The van der Waals surface area contributed by atoms with E-state index in [9.17, 15) is 9.59 Å². The number of carbonyl (C=O) groups is 2. The fourth-order valence-electron chi connectivity index (χ4n) is 3.70. The summed E-state index contributed by atoms with van der Waals surface area (Å²) in [4.78, 5) is 30.1. The molecule has 0 bridgehead atoms. The summed E-state index contributed by atoms with van der Waals surface area (Å²) < 4.78 is 5.14. The molecule has 26 heavy (non-hydrogen) atoms. The summed E-state index contributed by atoms with van der Waals surface area (Å²) in [5.74, 6) is -0.334. The average Bonchev–Trinajstić information content (AvgIpc) is 2.92. The van der Waals surface area contributed by atoms with Crippen LogP contribution in [0.3, 0.4) is 0 Å². The Morgan fingerprint density at radius 2 is 1.88 bits per heavy atom. The van der Waals surface area contributed by atoms with Gasteiger partial charge in [-0.3, -0.25) is 0 Å². The van der Waals surface area contributed by atoms with E-state index in [1.54, 1.807) is 6.92 Å². The molecular weight excluding hydrogens is 330 g/mol. The van der Waals surface area contributed by atoms with Gasteiger partial charge in [-0.05, 0) is 51.2 Å². The van der Waals surface area contributed by atoms with Crippen molar-refractivity contribution < 1.29 is 14.3 Å². The molecule has 1 saturated carbocycles. The van der Waals surface area contributed by atoms with E-state index >= 15 is 0 Å². The molecule has 6 heteroatoms. The van der Waals surface area contributed by atoms with Crippen LogP contribution in [0.25, 0.3) is 0 Å². The van der Waals surface area contributed by atoms with Gasteiger partial charge in [-0.15, -0.1) is 0 Å². The summed E-state index contributed by atoms with van der Waals surface area (Å²) in [7, 11) is 0. The van der Waals surface area contributed by atoms with Crippen molar-refractivity contribution in [3.05, 3.63) is 22.5 Å². The molecule has 2 N–H and O–H groups in total. The van der Waals surface area contributed by atoms with Crippen LogP contribution < -0.4 is 5.32 Å². The SMILES string of the molecule is CCCNC(=O)N(Cc1c(C)[nH]c(C(=O)OCC)c1C)C1CCCCC1. The first kappa shape index (κ1) is 20.3. The molecule has 146 valence electrons. The van der Waals surface area contributed by atoms with E-state index in [0.29, 0.717) is 25.4 Å². The zero-order chi connectivity index (χ0) is 19.1. The summed E-state index contributed by atoms with van der Waals surface area (Å²) in [5.41, 5.74) is 3.32. The van der Waals surface area contributed by atoms with Gasteiger partial charge < -0.3 is 19.9 Å². The van der Waals surface area contributed by atoms with Crippen LogP contribution in [0.15, 0.2) is 0 Å². The average molecular weight is 364 g/mol. The highest BCUT2D eigenvalue weighted by atomic mass is 16.5. The van der Waals surface area contributed by atoms with E-state index in [2.05, 4.69) is 17.2 Å². The smallest absolute Gasteiger partial charge is 0.355 e. The third-order valence-electron chi connectivity index (χ3n) is 5.20. The Morgan fingerprint density at radius 3 is 2.50 bits per heavy atom. The molecule has 2 amide bonds. The lowest BCUT2D eigenvalue weighted by atomic mass is 9.93. The van der Waals surface area contributed by atoms with Gasteiger partial charge in [0.2, 0.25) is 0 Å². The summed E-state index contributed by atoms with van der Waals surface area (Å²) in [5, 5.41) is 3.02. The van der Waals surface area contributed by atoms with Gasteiger partial charge in [0.15, 0.2) is 0 Å². The van der Waals surface area contributed by atoms with Crippen LogP contribution in [-0.2, 0) is 11.3 Å². The molecule has 2 rings (SSSR count). The fourth-order valence-corrected chi connectivity index (χ4v) is 3.70. The molecule has 0 spiro atoms. The topological polar surface area (TPSA) is 74.4 Å². The van der Waals surface area contributed by atoms with Crippen LogP contribution in [0, 0.1) is 13.8 Å². The van der Waals surface area contributed by atoms with Gasteiger partial charge in [-0.1, -0.05) is 26.2 Å². The normalized spacial score (nSPS) is 14.9. The van der Waals surface area contributed by atoms with Crippen molar-refractivity contribution in [2.24, 2.45) is 0 Å². The minimum atomic E-state index is -0.334. The lowest BCUT2D eigenvalue weighted by Crippen LogP contribution is -2.46. The van der Waals surface area contributed by atoms with Crippen molar-refractivity contribution >= 4 is 12.0 Å². The first-order chi connectivity index (χ1) is 12.5. The number of aromatic nitrogens is 1. The molecule has 1 aromatic rings. The Hall–Kier alpha value is -1.98. The Morgan fingerprint density at radius 1 is 1.19 bits per heavy atom. The molecule has 0 unspecified atom stereocenters. The Labute approximate surface area is 156 Å². The summed E-state index contributed by atoms with van der Waals surface area (Å²) >= 11 is 0. The minimum absolute atomic E-state index is 0.00330. The second-order valence-electron chi connectivity index (χ2n) is 7.10. The number of carbonyl (C=O) groups excluding carboxylic acids is 2. The quantitative estimate of drug-likeness (QED) is 0.717. The molecule has 0 aromatic carbocycles. The molecule has 1 aromatic heterocycles. The maximum Gasteiger partial charge on any atom is 0.355 e. The standard InChI is InChI=1S/C20H33N3O3/c1-5-12-21-20(25)23(16-10-8-7-9-11-16)13-17-14(3)18(22-15(17)4)19(24)26-6-2/h16,22H,5-13H2,1-4H3,(H,21,25). The van der Waals surface area contributed by atoms with E-state index in [1.165, 1.54) is 19.3 Å². The number of amides is 2. The van der Waals surface area contributed by atoms with Crippen molar-refractivity contribution in [3.8, 4) is 0 Å². The monoisotopic (exact) mass is 363 g/mol. The predicted molar refractivity (Wildman–Crippen MR) is 102 cm³/mol. The number of aryl methyl sites for hydroxylation is 1. The van der Waals surface area contributed by atoms with Crippen LogP contribution in [0.5, 0.6) is 0 Å². The third kappa shape index (κ3) is 4.80. The molecular formula is C20H33N3O3. The van der Waals surface area contributed by atoms with Crippen molar-refractivity contribution in [1.82, 2.24) is 15.2 Å². The fraction of sp³-hybridized carbons (Fsp3) is 0.700. The zero-order valence-electron chi connectivity index (χ0n) is 16.6. The maximum absolute atomic E-state index is 12.8. The predicted octanol–water partition coefficient (Wildman–Crippen LogP) is 4.06. The molecule has 0 saturated heterocycles. The Kier molecular flexibility index (Phi) is 7.54. The number of ether oxygens (including phenoxy) is 1. The first-order valence-electron chi connectivity index (χ1n) is 9.89. The van der Waals surface area contributed by atoms with Crippen molar-refractivity contribution in [2.75, 3.05) is 13.2 Å². The number of aromatic amines is 1. The zero-order valence-corrected chi connectivity index (χ0v) is 16.6. The van der Waals surface area contributed by atoms with E-state index in [0.717, 1.165) is 36.1 Å². The molecule has 0 radical (unpaired) electrons. The largest absolute Gasteiger partial charge is 0.461 e. The van der Waals surface area contributed by atoms with Gasteiger partial charge in [0.05, 0.1) is 6.61 Å². The van der Waals surface area contributed by atoms with Crippen LogP contribution in [-0.4, -0.2) is 41.1 Å². The highest BCUT2D eigenvalue weighted by molar-refractivity contribution is 5.89. The second-order valence-corrected chi connectivity index (χ2v) is 7.10. The summed E-state index contributed by atoms with van der Waals surface area (Å²) in [6.07, 6.45) is 6.60. The number of hydrogen-bond acceptors (Lipinski definition) is 3. The number of H-pyrrole nitrogens is 1. The van der Waals surface area contributed by atoms with Crippen LogP contribution in [0.2, 0.25) is 0 Å². The van der Waals surface area contributed by atoms with Gasteiger partial charge in [-0.25, -0.2) is 9.59 Å². The summed E-state index contributed by atoms with van der Waals surface area (Å²) in [6, 6.07) is 0.261. The number of urea groups is 1. The number of rotatable bonds is 7. The Bertz CT molecular complexity index is 618. The molecule has 1 heterocycles. The van der Waals surface area contributed by atoms with Gasteiger partial charge in [-0.2, -0.15) is 0 Å². The lowest BCUT2D eigenvalue weighted by Gasteiger charge is -2.34. The molecule has 1 fully saturated rings. The summed E-state index contributed by atoms with van der Waals surface area (Å²) in [6.45, 7) is 9.28. The third-order valence-corrected chi connectivity index (χ3v) is 5.20. The molecule has 1 aliphatic rings. The number of nitrogens with zero attached hydrogens (tertiary/aromatic N) is 1. The van der Waals surface area contributed by atoms with E-state index < -0.39 is 0 Å². The van der Waals surface area contributed by atoms with Crippen LogP contribution in [0.4, 0.5) is 4.79 Å². The van der Waals surface area contributed by atoms with E-state index in [-0.39, 0.29) is 18.0 Å². The number of nitrogens with one attached hydrogen (secondary N) is 2. The highest BCUT2D eigenvalue weighted by Crippen LogP contribution is 2.27.